The minimum absolute atomic E-state index is 0. The summed E-state index contributed by atoms with van der Waals surface area (Å²) in [5.41, 5.74) is 3.63. The quantitative estimate of drug-likeness (QED) is 0.694. The molecule has 0 amide bonds. The lowest BCUT2D eigenvalue weighted by atomic mass is 9.94. The molecule has 1 aliphatic heterocycles. The molecule has 148 valence electrons. The van der Waals surface area contributed by atoms with Crippen LogP contribution in [-0.2, 0) is 4.79 Å². The van der Waals surface area contributed by atoms with E-state index in [1.165, 1.54) is 0 Å². The summed E-state index contributed by atoms with van der Waals surface area (Å²) in [6.45, 7) is 4.35. The number of rotatable bonds is 5. The molecule has 0 N–H and O–H groups in total. The van der Waals surface area contributed by atoms with Gasteiger partial charge in [-0.15, -0.1) is 12.4 Å². The lowest BCUT2D eigenvalue weighted by Gasteiger charge is -2.28. The first-order valence-electron chi connectivity index (χ1n) is 9.09. The summed E-state index contributed by atoms with van der Waals surface area (Å²) in [6, 6.07) is 15.5. The van der Waals surface area contributed by atoms with E-state index in [2.05, 4.69) is 11.8 Å². The van der Waals surface area contributed by atoms with Gasteiger partial charge in [-0.1, -0.05) is 31.2 Å². The molecule has 1 aliphatic rings. The molecule has 0 unspecified atom stereocenters. The van der Waals surface area contributed by atoms with Crippen molar-refractivity contribution in [2.24, 2.45) is 0 Å². The molecule has 0 aliphatic carbocycles. The number of likely N-dealkylation sites (N-methyl/N-ethyl adjacent to an activating group) is 1. The average molecular weight is 400 g/mol. The van der Waals surface area contributed by atoms with Crippen LogP contribution in [0, 0.1) is 0 Å². The Morgan fingerprint density at radius 1 is 0.821 bits per heavy atom. The molecule has 28 heavy (non-hydrogen) atoms. The molecule has 1 heterocycles. The lowest BCUT2D eigenvalue weighted by molar-refractivity contribution is -0.113. The second kappa shape index (κ2) is 10.1. The van der Waals surface area contributed by atoms with E-state index < -0.39 is 0 Å². The highest BCUT2D eigenvalue weighted by Gasteiger charge is 2.25. The summed E-state index contributed by atoms with van der Waals surface area (Å²) in [4.78, 5) is 15.3. The third-order valence-corrected chi connectivity index (χ3v) is 4.73. The van der Waals surface area contributed by atoms with E-state index in [1.807, 2.05) is 60.7 Å². The van der Waals surface area contributed by atoms with E-state index in [0.717, 1.165) is 40.3 Å². The standard InChI is InChI=1S/C23H25NO3.ClH/c1-4-24-15-19(13-17-5-9-21(26-2)10-6-17)23(25)20(16-24)14-18-7-11-22(27-3)12-8-18;/h5-14H,4,15-16H2,1-3H3;1H. The number of piperidine rings is 1. The number of carbonyl (C=O) groups excluding carboxylic acids is 1. The van der Waals surface area contributed by atoms with Crippen molar-refractivity contribution in [3.8, 4) is 11.5 Å². The SMILES string of the molecule is CCN1CC(=Cc2ccc(OC)cc2)C(=O)C(=Cc2ccc(OC)cc2)C1.Cl. The zero-order valence-corrected chi connectivity index (χ0v) is 17.3. The molecule has 0 aromatic heterocycles. The number of nitrogens with zero attached hydrogens (tertiary/aromatic N) is 1. The summed E-state index contributed by atoms with van der Waals surface area (Å²) in [7, 11) is 3.29. The predicted octanol–water partition coefficient (Wildman–Crippen LogP) is 4.50. The fourth-order valence-corrected chi connectivity index (χ4v) is 3.14. The van der Waals surface area contributed by atoms with Gasteiger partial charge in [0.05, 0.1) is 14.2 Å². The highest BCUT2D eigenvalue weighted by Crippen LogP contribution is 2.23. The number of carbonyl (C=O) groups is 1. The van der Waals surface area contributed by atoms with Crippen LogP contribution in [0.15, 0.2) is 59.7 Å². The number of ketones is 1. The van der Waals surface area contributed by atoms with Gasteiger partial charge in [0.25, 0.3) is 0 Å². The molecule has 1 fully saturated rings. The molecule has 5 heteroatoms. The third kappa shape index (κ3) is 5.24. The summed E-state index contributed by atoms with van der Waals surface area (Å²) in [5.74, 6) is 1.73. The third-order valence-electron chi connectivity index (χ3n) is 4.73. The highest BCUT2D eigenvalue weighted by atomic mass is 35.5. The van der Waals surface area contributed by atoms with Crippen molar-refractivity contribution in [1.29, 1.82) is 0 Å². The Morgan fingerprint density at radius 2 is 1.21 bits per heavy atom. The Morgan fingerprint density at radius 3 is 1.54 bits per heavy atom. The number of halogens is 1. The number of Topliss-reactive ketones (excluding diaryl/α,β-unsaturated/α-hetero) is 1. The first kappa shape index (κ1) is 21.7. The first-order valence-corrected chi connectivity index (χ1v) is 9.09. The fraction of sp³-hybridized carbons (Fsp3) is 0.261. The van der Waals surface area contributed by atoms with Crippen LogP contribution >= 0.6 is 12.4 Å². The molecule has 0 bridgehead atoms. The minimum atomic E-state index is 0. The molecular formula is C23H26ClNO3. The van der Waals surface area contributed by atoms with E-state index in [4.69, 9.17) is 9.47 Å². The smallest absolute Gasteiger partial charge is 0.187 e. The van der Waals surface area contributed by atoms with E-state index in [-0.39, 0.29) is 18.2 Å². The number of ether oxygens (including phenoxy) is 2. The van der Waals surface area contributed by atoms with Crippen LogP contribution < -0.4 is 9.47 Å². The van der Waals surface area contributed by atoms with Crippen LogP contribution in [0.25, 0.3) is 12.2 Å². The summed E-state index contributed by atoms with van der Waals surface area (Å²) in [5, 5.41) is 0. The maximum absolute atomic E-state index is 13.0. The van der Waals surface area contributed by atoms with Crippen molar-refractivity contribution < 1.29 is 14.3 Å². The lowest BCUT2D eigenvalue weighted by Crippen LogP contribution is -2.37. The Labute approximate surface area is 172 Å². The summed E-state index contributed by atoms with van der Waals surface area (Å²) in [6.07, 6.45) is 3.96. The van der Waals surface area contributed by atoms with Gasteiger partial charge >= 0.3 is 0 Å². The Balaban J connectivity index is 0.00000280. The zero-order chi connectivity index (χ0) is 19.2. The van der Waals surface area contributed by atoms with Crippen molar-refractivity contribution in [2.75, 3.05) is 33.9 Å². The average Bonchev–Trinajstić information content (AvgIpc) is 2.72. The van der Waals surface area contributed by atoms with Gasteiger partial charge in [-0.2, -0.15) is 0 Å². The van der Waals surface area contributed by atoms with Crippen molar-refractivity contribution in [1.82, 2.24) is 4.90 Å². The van der Waals surface area contributed by atoms with Gasteiger partial charge in [0.1, 0.15) is 11.5 Å². The topological polar surface area (TPSA) is 38.8 Å². The number of hydrogen-bond acceptors (Lipinski definition) is 4. The van der Waals surface area contributed by atoms with Crippen LogP contribution in [0.3, 0.4) is 0 Å². The largest absolute Gasteiger partial charge is 0.497 e. The second-order valence-electron chi connectivity index (χ2n) is 6.52. The summed E-state index contributed by atoms with van der Waals surface area (Å²) < 4.78 is 10.4. The molecule has 0 radical (unpaired) electrons. The van der Waals surface area contributed by atoms with E-state index in [1.54, 1.807) is 14.2 Å². The van der Waals surface area contributed by atoms with Gasteiger partial charge in [-0.3, -0.25) is 9.69 Å². The fourth-order valence-electron chi connectivity index (χ4n) is 3.14. The van der Waals surface area contributed by atoms with Crippen molar-refractivity contribution in [3.63, 3.8) is 0 Å². The number of methoxy groups -OCH3 is 2. The molecule has 3 rings (SSSR count). The predicted molar refractivity (Wildman–Crippen MR) is 116 cm³/mol. The molecular weight excluding hydrogens is 374 g/mol. The van der Waals surface area contributed by atoms with Crippen LogP contribution in [0.5, 0.6) is 11.5 Å². The molecule has 1 saturated heterocycles. The Kier molecular flexibility index (Phi) is 7.85. The van der Waals surface area contributed by atoms with E-state index in [0.29, 0.717) is 13.1 Å². The van der Waals surface area contributed by atoms with E-state index in [9.17, 15) is 4.79 Å². The molecule has 0 spiro atoms. The van der Waals surface area contributed by atoms with Gasteiger partial charge in [-0.25, -0.2) is 0 Å². The second-order valence-corrected chi connectivity index (χ2v) is 6.52. The van der Waals surface area contributed by atoms with Crippen molar-refractivity contribution >= 4 is 30.3 Å². The number of benzene rings is 2. The molecule has 0 saturated carbocycles. The van der Waals surface area contributed by atoms with Crippen LogP contribution in [0.1, 0.15) is 18.1 Å². The monoisotopic (exact) mass is 399 g/mol. The summed E-state index contributed by atoms with van der Waals surface area (Å²) >= 11 is 0. The molecule has 2 aromatic carbocycles. The molecule has 2 aromatic rings. The van der Waals surface area contributed by atoms with Crippen molar-refractivity contribution in [2.45, 2.75) is 6.92 Å². The van der Waals surface area contributed by atoms with E-state index >= 15 is 0 Å². The van der Waals surface area contributed by atoms with Gasteiger partial charge in [0.15, 0.2) is 5.78 Å². The van der Waals surface area contributed by atoms with Gasteiger partial charge < -0.3 is 9.47 Å². The maximum Gasteiger partial charge on any atom is 0.187 e. The Bertz CT molecular complexity index is 785. The van der Waals surface area contributed by atoms with Crippen LogP contribution in [0.2, 0.25) is 0 Å². The molecule has 4 nitrogen and oxygen atoms in total. The van der Waals surface area contributed by atoms with Gasteiger partial charge in [0.2, 0.25) is 0 Å². The van der Waals surface area contributed by atoms with Crippen LogP contribution in [-0.4, -0.2) is 44.5 Å². The normalized spacial score (nSPS) is 17.5. The Hall–Kier alpha value is -2.56. The maximum atomic E-state index is 13.0. The molecule has 0 atom stereocenters. The first-order chi connectivity index (χ1) is 13.1. The van der Waals surface area contributed by atoms with Gasteiger partial charge in [0, 0.05) is 24.2 Å². The van der Waals surface area contributed by atoms with Crippen LogP contribution in [0.4, 0.5) is 0 Å². The zero-order valence-electron chi connectivity index (χ0n) is 16.5. The van der Waals surface area contributed by atoms with Gasteiger partial charge in [-0.05, 0) is 54.1 Å². The van der Waals surface area contributed by atoms with Crippen molar-refractivity contribution in [3.05, 3.63) is 70.8 Å². The number of likely N-dealkylation sites (tertiary alicyclic amines) is 1. The minimum Gasteiger partial charge on any atom is -0.497 e. The highest BCUT2D eigenvalue weighted by molar-refractivity contribution is 6.14. The number of hydrogen-bond donors (Lipinski definition) is 0.